The first kappa shape index (κ1) is 21.1. The van der Waals surface area contributed by atoms with Crippen LogP contribution in [0.1, 0.15) is 24.8 Å². The van der Waals surface area contributed by atoms with Crippen LogP contribution >= 0.6 is 0 Å². The molecule has 0 spiro atoms. The minimum Gasteiger partial charge on any atom is -0.481 e. The third-order valence-electron chi connectivity index (χ3n) is 3.86. The second-order valence-corrected chi connectivity index (χ2v) is 5.96. The van der Waals surface area contributed by atoms with Gasteiger partial charge >= 0.3 is 11.9 Å². The molecule has 0 saturated carbocycles. The summed E-state index contributed by atoms with van der Waals surface area (Å²) >= 11 is 0. The van der Waals surface area contributed by atoms with Crippen LogP contribution < -0.4 is 16.8 Å². The molecule has 0 aromatic heterocycles. The Kier molecular flexibility index (Phi) is 8.23. The molecule has 9 nitrogen and oxygen atoms in total. The van der Waals surface area contributed by atoms with Crippen LogP contribution in [0.3, 0.4) is 0 Å². The molecule has 26 heavy (non-hydrogen) atoms. The number of rotatable bonds is 11. The summed E-state index contributed by atoms with van der Waals surface area (Å²) in [5.74, 6) is -4.62. The minimum atomic E-state index is -1.37. The molecular formula is C17H23N3O6. The van der Waals surface area contributed by atoms with Crippen molar-refractivity contribution in [3.05, 3.63) is 35.9 Å². The smallest absolute Gasteiger partial charge is 0.326 e. The predicted molar refractivity (Wildman–Crippen MR) is 91.9 cm³/mol. The topological polar surface area (TPSA) is 173 Å². The lowest BCUT2D eigenvalue weighted by Gasteiger charge is -2.20. The van der Waals surface area contributed by atoms with E-state index in [0.717, 1.165) is 5.56 Å². The SMILES string of the molecule is NC(=O)C(Cc1ccccc1)C[C@@H](N)C(=O)N[C@@H](CCC(=O)O)C(=O)O. The van der Waals surface area contributed by atoms with Crippen LogP contribution in [0.4, 0.5) is 0 Å². The van der Waals surface area contributed by atoms with Gasteiger partial charge in [0.25, 0.3) is 0 Å². The molecule has 0 saturated heterocycles. The highest BCUT2D eigenvalue weighted by molar-refractivity contribution is 5.87. The first-order valence-electron chi connectivity index (χ1n) is 8.04. The third kappa shape index (κ3) is 7.31. The molecule has 3 atom stereocenters. The summed E-state index contributed by atoms with van der Waals surface area (Å²) in [6, 6.07) is 6.54. The monoisotopic (exact) mass is 365 g/mol. The first-order valence-corrected chi connectivity index (χ1v) is 8.04. The Balaban J connectivity index is 2.67. The van der Waals surface area contributed by atoms with Gasteiger partial charge in [0.1, 0.15) is 6.04 Å². The van der Waals surface area contributed by atoms with Gasteiger partial charge in [0.05, 0.1) is 6.04 Å². The highest BCUT2D eigenvalue weighted by Crippen LogP contribution is 2.14. The van der Waals surface area contributed by atoms with Crippen LogP contribution in [0.25, 0.3) is 0 Å². The summed E-state index contributed by atoms with van der Waals surface area (Å²) in [5, 5.41) is 19.9. The van der Waals surface area contributed by atoms with Crippen molar-refractivity contribution in [2.45, 2.75) is 37.8 Å². The summed E-state index contributed by atoms with van der Waals surface area (Å²) in [6.45, 7) is 0. The van der Waals surface area contributed by atoms with Gasteiger partial charge in [0.2, 0.25) is 11.8 Å². The Morgan fingerprint density at radius 1 is 1.08 bits per heavy atom. The first-order chi connectivity index (χ1) is 12.2. The van der Waals surface area contributed by atoms with E-state index in [-0.39, 0.29) is 12.8 Å². The second-order valence-electron chi connectivity index (χ2n) is 5.96. The fraction of sp³-hybridized carbons (Fsp3) is 0.412. The van der Waals surface area contributed by atoms with E-state index in [9.17, 15) is 19.2 Å². The van der Waals surface area contributed by atoms with Crippen LogP contribution in [0, 0.1) is 5.92 Å². The van der Waals surface area contributed by atoms with Gasteiger partial charge < -0.3 is 27.0 Å². The number of carbonyl (C=O) groups is 4. The highest BCUT2D eigenvalue weighted by atomic mass is 16.4. The Morgan fingerprint density at radius 2 is 1.69 bits per heavy atom. The van der Waals surface area contributed by atoms with Crippen LogP contribution in [0.2, 0.25) is 0 Å². The van der Waals surface area contributed by atoms with Crippen molar-refractivity contribution in [3.8, 4) is 0 Å². The highest BCUT2D eigenvalue weighted by Gasteiger charge is 2.27. The van der Waals surface area contributed by atoms with Gasteiger partial charge in [-0.1, -0.05) is 30.3 Å². The van der Waals surface area contributed by atoms with E-state index in [1.165, 1.54) is 0 Å². The van der Waals surface area contributed by atoms with Gasteiger partial charge in [0.15, 0.2) is 0 Å². The van der Waals surface area contributed by atoms with Gasteiger partial charge in [0, 0.05) is 12.3 Å². The molecule has 7 N–H and O–H groups in total. The van der Waals surface area contributed by atoms with Gasteiger partial charge in [-0.2, -0.15) is 0 Å². The molecule has 1 aromatic carbocycles. The van der Waals surface area contributed by atoms with Crippen LogP contribution in [-0.4, -0.2) is 46.0 Å². The van der Waals surface area contributed by atoms with E-state index >= 15 is 0 Å². The van der Waals surface area contributed by atoms with Crippen molar-refractivity contribution < 1.29 is 29.4 Å². The number of hydrogen-bond acceptors (Lipinski definition) is 5. The molecular weight excluding hydrogens is 342 g/mol. The maximum Gasteiger partial charge on any atom is 0.326 e. The zero-order valence-electron chi connectivity index (χ0n) is 14.1. The zero-order chi connectivity index (χ0) is 19.7. The summed E-state index contributed by atoms with van der Waals surface area (Å²) in [6.07, 6.45) is -0.434. The lowest BCUT2D eigenvalue weighted by molar-refractivity contribution is -0.143. The minimum absolute atomic E-state index is 0.0542. The number of benzene rings is 1. The van der Waals surface area contributed by atoms with E-state index in [1.54, 1.807) is 12.1 Å². The molecule has 0 aliphatic heterocycles. The number of primary amides is 1. The standard InChI is InChI=1S/C17H23N3O6/c18-12(16(24)20-13(17(25)26)6-7-14(21)22)9-11(15(19)23)8-10-4-2-1-3-5-10/h1-5,11-13H,6-9,18H2,(H2,19,23)(H,20,24)(H,21,22)(H,25,26)/t11?,12-,13+/m1/s1. The third-order valence-corrected chi connectivity index (χ3v) is 3.86. The number of carboxylic acid groups (broad SMARTS) is 2. The quantitative estimate of drug-likeness (QED) is 0.351. The molecule has 1 unspecified atom stereocenters. The van der Waals surface area contributed by atoms with Crippen LogP contribution in [0.15, 0.2) is 30.3 Å². The van der Waals surface area contributed by atoms with Crippen molar-refractivity contribution in [1.29, 1.82) is 0 Å². The number of amides is 2. The molecule has 0 aliphatic carbocycles. The molecule has 2 amide bonds. The average Bonchev–Trinajstić information content (AvgIpc) is 2.57. The number of nitrogens with one attached hydrogen (secondary N) is 1. The van der Waals surface area contributed by atoms with Crippen molar-refractivity contribution in [2.24, 2.45) is 17.4 Å². The lowest BCUT2D eigenvalue weighted by Crippen LogP contribution is -2.49. The number of aliphatic carboxylic acids is 2. The Labute approximate surface area is 150 Å². The Morgan fingerprint density at radius 3 is 2.19 bits per heavy atom. The lowest BCUT2D eigenvalue weighted by atomic mass is 9.92. The normalized spacial score (nSPS) is 14.0. The predicted octanol–water partition coefficient (Wildman–Crippen LogP) is -0.518. The molecule has 0 fully saturated rings. The summed E-state index contributed by atoms with van der Waals surface area (Å²) < 4.78 is 0. The van der Waals surface area contributed by atoms with Gasteiger partial charge in [-0.05, 0) is 24.8 Å². The van der Waals surface area contributed by atoms with Crippen molar-refractivity contribution in [2.75, 3.05) is 0 Å². The largest absolute Gasteiger partial charge is 0.481 e. The van der Waals surface area contributed by atoms with Crippen molar-refractivity contribution in [3.63, 3.8) is 0 Å². The zero-order valence-corrected chi connectivity index (χ0v) is 14.1. The van der Waals surface area contributed by atoms with Gasteiger partial charge in [-0.15, -0.1) is 0 Å². The van der Waals surface area contributed by atoms with E-state index in [2.05, 4.69) is 5.32 Å². The molecule has 0 heterocycles. The van der Waals surface area contributed by atoms with Crippen LogP contribution in [-0.2, 0) is 25.6 Å². The fourth-order valence-corrected chi connectivity index (χ4v) is 2.42. The molecule has 0 bridgehead atoms. The van der Waals surface area contributed by atoms with E-state index < -0.39 is 48.2 Å². The summed E-state index contributed by atoms with van der Waals surface area (Å²) in [4.78, 5) is 45.4. The molecule has 0 aliphatic rings. The number of hydrogen-bond donors (Lipinski definition) is 5. The molecule has 1 rings (SSSR count). The fourth-order valence-electron chi connectivity index (χ4n) is 2.42. The summed E-state index contributed by atoms with van der Waals surface area (Å²) in [5.41, 5.74) is 12.0. The van der Waals surface area contributed by atoms with E-state index in [4.69, 9.17) is 21.7 Å². The molecule has 9 heteroatoms. The second kappa shape index (κ2) is 10.1. The van der Waals surface area contributed by atoms with Crippen LogP contribution in [0.5, 0.6) is 0 Å². The van der Waals surface area contributed by atoms with Crippen molar-refractivity contribution >= 4 is 23.8 Å². The van der Waals surface area contributed by atoms with E-state index in [0.29, 0.717) is 6.42 Å². The number of nitrogens with two attached hydrogens (primary N) is 2. The van der Waals surface area contributed by atoms with E-state index in [1.807, 2.05) is 18.2 Å². The number of carbonyl (C=O) groups excluding carboxylic acids is 2. The molecule has 1 aromatic rings. The average molecular weight is 365 g/mol. The van der Waals surface area contributed by atoms with Gasteiger partial charge in [-0.3, -0.25) is 14.4 Å². The Hall–Kier alpha value is -2.94. The molecule has 142 valence electrons. The summed E-state index contributed by atoms with van der Waals surface area (Å²) in [7, 11) is 0. The Bertz CT molecular complexity index is 649. The maximum absolute atomic E-state index is 12.1. The van der Waals surface area contributed by atoms with Crippen molar-refractivity contribution in [1.82, 2.24) is 5.32 Å². The molecule has 0 radical (unpaired) electrons. The maximum atomic E-state index is 12.1. The van der Waals surface area contributed by atoms with Gasteiger partial charge in [-0.25, -0.2) is 4.79 Å². The number of carboxylic acids is 2.